The number of pyridine rings is 1. The molecular weight excluding hydrogens is 476 g/mol. The highest BCUT2D eigenvalue weighted by molar-refractivity contribution is 9.10. The molecule has 0 amide bonds. The third kappa shape index (κ3) is 5.59. The minimum atomic E-state index is -3.97. The fourth-order valence-electron chi connectivity index (χ4n) is 2.49. The molecule has 0 unspecified atom stereocenters. The molecule has 0 bridgehead atoms. The van der Waals surface area contributed by atoms with Gasteiger partial charge in [0, 0.05) is 33.2 Å². The number of sulfonamides is 1. The molecule has 1 N–H and O–H groups in total. The number of halogens is 1. The van der Waals surface area contributed by atoms with Crippen LogP contribution >= 0.6 is 27.7 Å². The van der Waals surface area contributed by atoms with Gasteiger partial charge in [0.15, 0.2) is 0 Å². The number of hydrogen-bond donors (Lipinski definition) is 1. The molecule has 9 heteroatoms. The molecule has 0 fully saturated rings. The van der Waals surface area contributed by atoms with Crippen LogP contribution in [0.2, 0.25) is 0 Å². The van der Waals surface area contributed by atoms with Crippen LogP contribution in [0.5, 0.6) is 0 Å². The lowest BCUT2D eigenvalue weighted by Crippen LogP contribution is -2.17. The van der Waals surface area contributed by atoms with Crippen LogP contribution in [0.3, 0.4) is 0 Å². The van der Waals surface area contributed by atoms with Crippen LogP contribution in [0.15, 0.2) is 81.3 Å². The lowest BCUT2D eigenvalue weighted by atomic mass is 10.2. The number of esters is 1. The van der Waals surface area contributed by atoms with E-state index in [2.05, 4.69) is 25.6 Å². The minimum Gasteiger partial charge on any atom is -0.465 e. The smallest absolute Gasteiger partial charge is 0.339 e. The highest BCUT2D eigenvalue weighted by Crippen LogP contribution is 2.27. The van der Waals surface area contributed by atoms with Crippen molar-refractivity contribution in [2.45, 2.75) is 15.5 Å². The summed E-state index contributed by atoms with van der Waals surface area (Å²) in [5.41, 5.74) is 1.46. The predicted octanol–water partition coefficient (Wildman–Crippen LogP) is 4.72. The number of ether oxygens (including phenoxy) is 1. The van der Waals surface area contributed by atoms with Crippen molar-refractivity contribution in [3.8, 4) is 0 Å². The third-order valence-electron chi connectivity index (χ3n) is 3.87. The first-order chi connectivity index (χ1) is 13.9. The number of aromatic nitrogens is 1. The maximum Gasteiger partial charge on any atom is 0.339 e. The number of carbonyl (C=O) groups excluding carboxylic acids is 1. The third-order valence-corrected chi connectivity index (χ3v) is 6.89. The van der Waals surface area contributed by atoms with Crippen LogP contribution in [0.25, 0.3) is 0 Å². The molecule has 0 radical (unpaired) electrons. The molecule has 3 aromatic rings. The Morgan fingerprint density at radius 2 is 1.93 bits per heavy atom. The SMILES string of the molecule is COC(=O)c1cc(Br)ccc1S(=O)(=O)Nc1ccc(SCc2cccnc2)cc1. The zero-order chi connectivity index (χ0) is 20.9. The Kier molecular flexibility index (Phi) is 6.94. The predicted molar refractivity (Wildman–Crippen MR) is 117 cm³/mol. The van der Waals surface area contributed by atoms with Crippen molar-refractivity contribution in [2.75, 3.05) is 11.8 Å². The molecule has 3 rings (SSSR count). The van der Waals surface area contributed by atoms with Gasteiger partial charge < -0.3 is 4.74 Å². The van der Waals surface area contributed by atoms with Gasteiger partial charge in [0.25, 0.3) is 10.0 Å². The normalized spacial score (nSPS) is 11.1. The Morgan fingerprint density at radius 1 is 1.17 bits per heavy atom. The van der Waals surface area contributed by atoms with Crippen molar-refractivity contribution in [2.24, 2.45) is 0 Å². The van der Waals surface area contributed by atoms with E-state index in [0.29, 0.717) is 10.2 Å². The van der Waals surface area contributed by atoms with Gasteiger partial charge in [-0.05, 0) is 54.1 Å². The van der Waals surface area contributed by atoms with E-state index in [1.165, 1.54) is 19.2 Å². The Labute approximate surface area is 181 Å². The van der Waals surface area contributed by atoms with E-state index in [9.17, 15) is 13.2 Å². The number of benzene rings is 2. The van der Waals surface area contributed by atoms with E-state index in [0.717, 1.165) is 16.2 Å². The second-order valence-electron chi connectivity index (χ2n) is 5.91. The maximum atomic E-state index is 12.8. The molecule has 0 aliphatic rings. The van der Waals surface area contributed by atoms with Gasteiger partial charge in [0.2, 0.25) is 0 Å². The second-order valence-corrected chi connectivity index (χ2v) is 9.53. The molecule has 0 aliphatic heterocycles. The van der Waals surface area contributed by atoms with Crippen molar-refractivity contribution in [3.63, 3.8) is 0 Å². The number of nitrogens with zero attached hydrogens (tertiary/aromatic N) is 1. The van der Waals surface area contributed by atoms with Crippen molar-refractivity contribution >= 4 is 49.4 Å². The van der Waals surface area contributed by atoms with Crippen molar-refractivity contribution in [1.29, 1.82) is 0 Å². The summed E-state index contributed by atoms with van der Waals surface area (Å²) in [4.78, 5) is 16.9. The number of thioether (sulfide) groups is 1. The average Bonchev–Trinajstić information content (AvgIpc) is 2.73. The van der Waals surface area contributed by atoms with Crippen molar-refractivity contribution in [3.05, 3.63) is 82.6 Å². The Balaban J connectivity index is 1.75. The zero-order valence-electron chi connectivity index (χ0n) is 15.3. The molecule has 29 heavy (non-hydrogen) atoms. The number of rotatable bonds is 7. The Hall–Kier alpha value is -2.36. The number of carbonyl (C=O) groups is 1. The lowest BCUT2D eigenvalue weighted by Gasteiger charge is -2.12. The summed E-state index contributed by atoms with van der Waals surface area (Å²) < 4.78 is 33.4. The first kappa shape index (κ1) is 21.4. The average molecular weight is 493 g/mol. The summed E-state index contributed by atoms with van der Waals surface area (Å²) in [5, 5.41) is 0. The summed E-state index contributed by atoms with van der Waals surface area (Å²) in [6, 6.07) is 15.2. The first-order valence-electron chi connectivity index (χ1n) is 8.41. The number of hydrogen-bond acceptors (Lipinski definition) is 6. The van der Waals surface area contributed by atoms with Gasteiger partial charge in [-0.2, -0.15) is 0 Å². The van der Waals surface area contributed by atoms with Crippen LogP contribution in [-0.2, 0) is 20.5 Å². The fourth-order valence-corrected chi connectivity index (χ4v) is 4.91. The summed E-state index contributed by atoms with van der Waals surface area (Å²) in [6.45, 7) is 0. The summed E-state index contributed by atoms with van der Waals surface area (Å²) in [6.07, 6.45) is 3.54. The highest BCUT2D eigenvalue weighted by atomic mass is 79.9. The van der Waals surface area contributed by atoms with E-state index in [1.807, 2.05) is 30.5 Å². The molecule has 0 atom stereocenters. The van der Waals surface area contributed by atoms with Crippen LogP contribution in [0.4, 0.5) is 5.69 Å². The van der Waals surface area contributed by atoms with Gasteiger partial charge in [-0.1, -0.05) is 22.0 Å². The topological polar surface area (TPSA) is 85.4 Å². The largest absolute Gasteiger partial charge is 0.465 e. The summed E-state index contributed by atoms with van der Waals surface area (Å²) in [7, 11) is -2.77. The maximum absolute atomic E-state index is 12.8. The van der Waals surface area contributed by atoms with Gasteiger partial charge in [-0.15, -0.1) is 11.8 Å². The zero-order valence-corrected chi connectivity index (χ0v) is 18.6. The fraction of sp³-hybridized carbons (Fsp3) is 0.100. The van der Waals surface area contributed by atoms with Crippen molar-refractivity contribution in [1.82, 2.24) is 4.98 Å². The summed E-state index contributed by atoms with van der Waals surface area (Å²) >= 11 is 4.86. The Morgan fingerprint density at radius 3 is 2.59 bits per heavy atom. The standard InChI is InChI=1S/C20H17BrN2O4S2/c1-27-20(24)18-11-15(21)4-9-19(18)29(25,26)23-16-5-7-17(8-6-16)28-13-14-3-2-10-22-12-14/h2-12,23H,13H2,1H3. The molecule has 0 saturated carbocycles. The molecule has 150 valence electrons. The molecule has 1 heterocycles. The van der Waals surface area contributed by atoms with E-state index in [-0.39, 0.29) is 10.5 Å². The van der Waals surface area contributed by atoms with Crippen molar-refractivity contribution < 1.29 is 17.9 Å². The lowest BCUT2D eigenvalue weighted by molar-refractivity contribution is 0.0596. The van der Waals surface area contributed by atoms with E-state index in [1.54, 1.807) is 36.2 Å². The van der Waals surface area contributed by atoms with Crippen LogP contribution in [-0.4, -0.2) is 26.5 Å². The van der Waals surface area contributed by atoms with E-state index in [4.69, 9.17) is 4.74 Å². The second kappa shape index (κ2) is 9.43. The Bertz CT molecular complexity index is 1110. The molecule has 0 aliphatic carbocycles. The van der Waals surface area contributed by atoms with Crippen LogP contribution in [0, 0.1) is 0 Å². The quantitative estimate of drug-likeness (QED) is 0.379. The number of nitrogens with one attached hydrogen (secondary N) is 1. The van der Waals surface area contributed by atoms with Gasteiger partial charge >= 0.3 is 5.97 Å². The molecule has 0 spiro atoms. The monoisotopic (exact) mass is 492 g/mol. The molecule has 6 nitrogen and oxygen atoms in total. The van der Waals surface area contributed by atoms with E-state index < -0.39 is 16.0 Å². The van der Waals surface area contributed by atoms with E-state index >= 15 is 0 Å². The minimum absolute atomic E-state index is 0.0435. The molecule has 1 aromatic heterocycles. The highest BCUT2D eigenvalue weighted by Gasteiger charge is 2.23. The number of methoxy groups -OCH3 is 1. The molecule has 0 saturated heterocycles. The number of anilines is 1. The van der Waals surface area contributed by atoms with Crippen LogP contribution < -0.4 is 4.72 Å². The van der Waals surface area contributed by atoms with Gasteiger partial charge in [-0.3, -0.25) is 9.71 Å². The summed E-state index contributed by atoms with van der Waals surface area (Å²) in [5.74, 6) is 0.0362. The van der Waals surface area contributed by atoms with Gasteiger partial charge in [0.1, 0.15) is 4.90 Å². The van der Waals surface area contributed by atoms with Crippen LogP contribution in [0.1, 0.15) is 15.9 Å². The first-order valence-corrected chi connectivity index (χ1v) is 11.7. The van der Waals surface area contributed by atoms with Gasteiger partial charge in [-0.25, -0.2) is 13.2 Å². The van der Waals surface area contributed by atoms with Gasteiger partial charge in [0.05, 0.1) is 12.7 Å². The molecular formula is C20H17BrN2O4S2. The molecule has 2 aromatic carbocycles.